The van der Waals surface area contributed by atoms with E-state index in [-0.39, 0.29) is 0 Å². The number of pyridine rings is 1. The van der Waals surface area contributed by atoms with Gasteiger partial charge in [-0.2, -0.15) is 5.10 Å². The molecule has 0 bridgehead atoms. The molecule has 0 saturated heterocycles. The maximum Gasteiger partial charge on any atom is 0.0973 e. The van der Waals surface area contributed by atoms with E-state index in [0.717, 1.165) is 42.2 Å². The molecule has 24 heavy (non-hydrogen) atoms. The molecule has 0 aliphatic carbocycles. The molecule has 0 radical (unpaired) electrons. The van der Waals surface area contributed by atoms with Gasteiger partial charge < -0.3 is 10.1 Å². The van der Waals surface area contributed by atoms with Gasteiger partial charge in [0.1, 0.15) is 0 Å². The highest BCUT2D eigenvalue weighted by atomic mass is 16.5. The van der Waals surface area contributed by atoms with E-state index in [1.54, 1.807) is 12.4 Å². The second kappa shape index (κ2) is 8.38. The molecule has 0 fully saturated rings. The van der Waals surface area contributed by atoms with E-state index in [4.69, 9.17) is 9.84 Å². The number of para-hydroxylation sites is 1. The quantitative estimate of drug-likeness (QED) is 0.648. The monoisotopic (exact) mass is 322 g/mol. The molecular formula is C19H22N4O. The van der Waals surface area contributed by atoms with E-state index in [1.807, 2.05) is 41.9 Å². The Kier molecular flexibility index (Phi) is 5.71. The minimum absolute atomic E-state index is 0.716. The predicted molar refractivity (Wildman–Crippen MR) is 95.0 cm³/mol. The van der Waals surface area contributed by atoms with E-state index < -0.39 is 0 Å². The van der Waals surface area contributed by atoms with Gasteiger partial charge in [0.2, 0.25) is 0 Å². The third-order valence-electron chi connectivity index (χ3n) is 3.71. The molecule has 2 heterocycles. The molecule has 2 aromatic heterocycles. The zero-order valence-corrected chi connectivity index (χ0v) is 13.9. The van der Waals surface area contributed by atoms with Crippen molar-refractivity contribution in [2.24, 2.45) is 0 Å². The molecule has 0 unspecified atom stereocenters. The molecule has 0 atom stereocenters. The number of nitrogens with zero attached hydrogens (tertiary/aromatic N) is 3. The fourth-order valence-corrected chi connectivity index (χ4v) is 2.52. The summed E-state index contributed by atoms with van der Waals surface area (Å²) in [5, 5.41) is 8.20. The molecule has 3 rings (SSSR count). The van der Waals surface area contributed by atoms with Crippen LogP contribution in [0.4, 0.5) is 0 Å². The molecule has 5 heteroatoms. The van der Waals surface area contributed by atoms with E-state index in [2.05, 4.69) is 28.6 Å². The van der Waals surface area contributed by atoms with Gasteiger partial charge in [0, 0.05) is 49.4 Å². The molecule has 1 N–H and O–H groups in total. The lowest BCUT2D eigenvalue weighted by atomic mass is 10.1. The number of benzene rings is 1. The zero-order chi connectivity index (χ0) is 16.6. The van der Waals surface area contributed by atoms with E-state index >= 15 is 0 Å². The largest absolute Gasteiger partial charge is 0.380 e. The van der Waals surface area contributed by atoms with Crippen molar-refractivity contribution in [3.8, 4) is 16.9 Å². The van der Waals surface area contributed by atoms with Crippen LogP contribution in [0.15, 0.2) is 61.1 Å². The van der Waals surface area contributed by atoms with Crippen LogP contribution in [0.2, 0.25) is 0 Å². The van der Waals surface area contributed by atoms with Gasteiger partial charge in [-0.1, -0.05) is 18.2 Å². The van der Waals surface area contributed by atoms with Crippen molar-refractivity contribution in [2.45, 2.75) is 13.5 Å². The van der Waals surface area contributed by atoms with Crippen molar-refractivity contribution in [1.82, 2.24) is 20.1 Å². The number of hydrogen-bond acceptors (Lipinski definition) is 4. The first-order valence-electron chi connectivity index (χ1n) is 8.21. The Morgan fingerprint density at radius 2 is 1.88 bits per heavy atom. The lowest BCUT2D eigenvalue weighted by molar-refractivity contribution is 0.149. The Labute approximate surface area is 142 Å². The van der Waals surface area contributed by atoms with Crippen LogP contribution in [0.3, 0.4) is 0 Å². The molecule has 0 saturated carbocycles. The highest BCUT2D eigenvalue weighted by molar-refractivity contribution is 5.62. The first-order chi connectivity index (χ1) is 11.9. The van der Waals surface area contributed by atoms with Gasteiger partial charge >= 0.3 is 0 Å². The summed E-state index contributed by atoms with van der Waals surface area (Å²) in [6, 6.07) is 14.1. The van der Waals surface area contributed by atoms with Crippen LogP contribution in [-0.4, -0.2) is 34.5 Å². The first kappa shape index (κ1) is 16.4. The summed E-state index contributed by atoms with van der Waals surface area (Å²) < 4.78 is 7.30. The summed E-state index contributed by atoms with van der Waals surface area (Å²) >= 11 is 0. The molecule has 0 spiro atoms. The van der Waals surface area contributed by atoms with Crippen molar-refractivity contribution in [3.63, 3.8) is 0 Å². The maximum atomic E-state index is 5.37. The zero-order valence-electron chi connectivity index (χ0n) is 13.9. The van der Waals surface area contributed by atoms with Gasteiger partial charge in [-0.25, -0.2) is 4.68 Å². The van der Waals surface area contributed by atoms with Crippen molar-refractivity contribution in [1.29, 1.82) is 0 Å². The van der Waals surface area contributed by atoms with E-state index in [0.29, 0.717) is 6.61 Å². The predicted octanol–water partition coefficient (Wildman–Crippen LogP) is 3.06. The smallest absolute Gasteiger partial charge is 0.0973 e. The van der Waals surface area contributed by atoms with Gasteiger partial charge in [0.05, 0.1) is 18.0 Å². The Hall–Kier alpha value is -2.50. The second-order valence-corrected chi connectivity index (χ2v) is 5.39. The number of ether oxygens (including phenoxy) is 1. The maximum absolute atomic E-state index is 5.37. The van der Waals surface area contributed by atoms with Crippen molar-refractivity contribution in [3.05, 3.63) is 66.6 Å². The second-order valence-electron chi connectivity index (χ2n) is 5.39. The lowest BCUT2D eigenvalue weighted by Crippen LogP contribution is -2.19. The summed E-state index contributed by atoms with van der Waals surface area (Å²) in [6.45, 7) is 5.03. The van der Waals surface area contributed by atoms with Gasteiger partial charge in [0.15, 0.2) is 0 Å². The first-order valence-corrected chi connectivity index (χ1v) is 8.21. The highest BCUT2D eigenvalue weighted by Crippen LogP contribution is 2.23. The van der Waals surface area contributed by atoms with Crippen molar-refractivity contribution < 1.29 is 4.74 Å². The summed E-state index contributed by atoms with van der Waals surface area (Å²) in [6.07, 6.45) is 5.67. The summed E-state index contributed by atoms with van der Waals surface area (Å²) in [7, 11) is 0. The number of rotatable bonds is 8. The van der Waals surface area contributed by atoms with Crippen molar-refractivity contribution in [2.75, 3.05) is 19.8 Å². The van der Waals surface area contributed by atoms with Crippen LogP contribution < -0.4 is 5.32 Å². The number of hydrogen-bond donors (Lipinski definition) is 1. The van der Waals surface area contributed by atoms with E-state index in [9.17, 15) is 0 Å². The molecule has 0 amide bonds. The van der Waals surface area contributed by atoms with Crippen molar-refractivity contribution >= 4 is 0 Å². The number of aromatic nitrogens is 3. The summed E-state index contributed by atoms with van der Waals surface area (Å²) in [5.41, 5.74) is 4.25. The molecular weight excluding hydrogens is 300 g/mol. The third kappa shape index (κ3) is 4.07. The molecule has 1 aromatic carbocycles. The molecule has 3 aromatic rings. The molecule has 124 valence electrons. The fraction of sp³-hybridized carbons (Fsp3) is 0.263. The third-order valence-corrected chi connectivity index (χ3v) is 3.71. The SMILES string of the molecule is CCOCCNCc1cn(-c2ccccc2)nc1-c1ccncc1. The molecule has 0 aliphatic heterocycles. The van der Waals surface area contributed by atoms with Crippen LogP contribution in [0, 0.1) is 0 Å². The van der Waals surface area contributed by atoms with Crippen LogP contribution in [-0.2, 0) is 11.3 Å². The molecule has 5 nitrogen and oxygen atoms in total. The lowest BCUT2D eigenvalue weighted by Gasteiger charge is -2.05. The van der Waals surface area contributed by atoms with E-state index in [1.165, 1.54) is 0 Å². The minimum atomic E-state index is 0.716. The van der Waals surface area contributed by atoms with Gasteiger partial charge in [0.25, 0.3) is 0 Å². The number of nitrogens with one attached hydrogen (secondary N) is 1. The van der Waals surface area contributed by atoms with Crippen LogP contribution >= 0.6 is 0 Å². The Morgan fingerprint density at radius 1 is 1.08 bits per heavy atom. The van der Waals surface area contributed by atoms with Gasteiger partial charge in [-0.15, -0.1) is 0 Å². The Balaban J connectivity index is 1.83. The highest BCUT2D eigenvalue weighted by Gasteiger charge is 2.11. The van der Waals surface area contributed by atoms with Gasteiger partial charge in [-0.05, 0) is 31.2 Å². The fourth-order valence-electron chi connectivity index (χ4n) is 2.52. The Bertz CT molecular complexity index is 741. The summed E-state index contributed by atoms with van der Waals surface area (Å²) in [4.78, 5) is 4.09. The average molecular weight is 322 g/mol. The minimum Gasteiger partial charge on any atom is -0.380 e. The van der Waals surface area contributed by atoms with Crippen LogP contribution in [0.25, 0.3) is 16.9 Å². The van der Waals surface area contributed by atoms with Crippen LogP contribution in [0.1, 0.15) is 12.5 Å². The standard InChI is InChI=1S/C19H22N4O/c1-2-24-13-12-21-14-17-15-23(18-6-4-3-5-7-18)22-19(17)16-8-10-20-11-9-16/h3-11,15,21H,2,12-14H2,1H3. The Morgan fingerprint density at radius 3 is 2.62 bits per heavy atom. The normalized spacial score (nSPS) is 10.9. The summed E-state index contributed by atoms with van der Waals surface area (Å²) in [5.74, 6) is 0. The van der Waals surface area contributed by atoms with Crippen LogP contribution in [0.5, 0.6) is 0 Å². The topological polar surface area (TPSA) is 52.0 Å². The molecule has 0 aliphatic rings. The van der Waals surface area contributed by atoms with Gasteiger partial charge in [-0.3, -0.25) is 4.98 Å². The average Bonchev–Trinajstić information content (AvgIpc) is 3.07.